The van der Waals surface area contributed by atoms with Crippen LogP contribution in [0, 0.1) is 0 Å². The van der Waals surface area contributed by atoms with E-state index >= 15 is 0 Å². The lowest BCUT2D eigenvalue weighted by Crippen LogP contribution is -2.39. The number of nitrogens with zero attached hydrogens (tertiary/aromatic N) is 1. The standard InChI is InChI=1S/C16H24N2O3S/c1-21-15-6-8-16(9-7-15)22(19,20)17-13-10-11-18(12-13)14-4-2-3-5-14/h6-9,13-14,17H,2-5,10-12H2,1H3/t13-/m0/s1. The maximum absolute atomic E-state index is 12.4. The van der Waals surface area contributed by atoms with Crippen LogP contribution in [0.25, 0.3) is 0 Å². The number of sulfonamides is 1. The first kappa shape index (κ1) is 15.8. The van der Waals surface area contributed by atoms with Crippen LogP contribution in [0.3, 0.4) is 0 Å². The Bertz CT molecular complexity index is 594. The van der Waals surface area contributed by atoms with E-state index in [0.29, 0.717) is 16.7 Å². The molecule has 2 aliphatic rings. The lowest BCUT2D eigenvalue weighted by atomic mass is 10.2. The SMILES string of the molecule is COc1ccc(S(=O)(=O)N[C@H]2CCN(C3CCCC3)C2)cc1. The van der Waals surface area contributed by atoms with Gasteiger partial charge in [-0.3, -0.25) is 4.90 Å². The molecule has 122 valence electrons. The molecule has 0 amide bonds. The van der Waals surface area contributed by atoms with Crippen molar-refractivity contribution in [2.75, 3.05) is 20.2 Å². The average molecular weight is 324 g/mol. The Morgan fingerprint density at radius 3 is 2.45 bits per heavy atom. The molecule has 6 heteroatoms. The summed E-state index contributed by atoms with van der Waals surface area (Å²) in [6.45, 7) is 1.83. The molecule has 22 heavy (non-hydrogen) atoms. The third-order valence-corrected chi connectivity index (χ3v) is 6.29. The molecule has 2 fully saturated rings. The van der Waals surface area contributed by atoms with Gasteiger partial charge in [-0.1, -0.05) is 12.8 Å². The molecule has 1 aromatic rings. The Kier molecular flexibility index (Phi) is 4.70. The van der Waals surface area contributed by atoms with Crippen LogP contribution < -0.4 is 9.46 Å². The van der Waals surface area contributed by atoms with Crippen LogP contribution in [0.5, 0.6) is 5.75 Å². The number of benzene rings is 1. The van der Waals surface area contributed by atoms with Crippen LogP contribution >= 0.6 is 0 Å². The molecule has 0 radical (unpaired) electrons. The van der Waals surface area contributed by atoms with Crippen molar-refractivity contribution in [2.45, 2.75) is 49.1 Å². The third-order valence-electron chi connectivity index (χ3n) is 4.75. The first-order valence-electron chi connectivity index (χ1n) is 7.99. The van der Waals surface area contributed by atoms with Crippen molar-refractivity contribution >= 4 is 10.0 Å². The monoisotopic (exact) mass is 324 g/mol. The number of ether oxygens (including phenoxy) is 1. The predicted molar refractivity (Wildman–Crippen MR) is 85.5 cm³/mol. The Morgan fingerprint density at radius 1 is 1.14 bits per heavy atom. The van der Waals surface area contributed by atoms with Crippen molar-refractivity contribution in [3.05, 3.63) is 24.3 Å². The minimum atomic E-state index is -3.45. The molecule has 1 aromatic carbocycles. The normalized spacial score (nSPS) is 24.0. The zero-order valence-electron chi connectivity index (χ0n) is 13.0. The Morgan fingerprint density at radius 2 is 1.82 bits per heavy atom. The van der Waals surface area contributed by atoms with Crippen molar-refractivity contribution in [3.63, 3.8) is 0 Å². The van der Waals surface area contributed by atoms with Crippen molar-refractivity contribution in [2.24, 2.45) is 0 Å². The fraction of sp³-hybridized carbons (Fsp3) is 0.625. The summed E-state index contributed by atoms with van der Waals surface area (Å²) in [7, 11) is -1.88. The summed E-state index contributed by atoms with van der Waals surface area (Å²) in [5, 5.41) is 0. The smallest absolute Gasteiger partial charge is 0.240 e. The van der Waals surface area contributed by atoms with Crippen LogP contribution in [0.1, 0.15) is 32.1 Å². The highest BCUT2D eigenvalue weighted by molar-refractivity contribution is 7.89. The molecule has 1 aliphatic heterocycles. The predicted octanol–water partition coefficient (Wildman–Crippen LogP) is 1.99. The van der Waals surface area contributed by atoms with E-state index in [0.717, 1.165) is 19.5 Å². The van der Waals surface area contributed by atoms with Crippen molar-refractivity contribution in [1.82, 2.24) is 9.62 Å². The van der Waals surface area contributed by atoms with E-state index < -0.39 is 10.0 Å². The maximum atomic E-state index is 12.4. The second-order valence-electron chi connectivity index (χ2n) is 6.22. The van der Waals surface area contributed by atoms with Crippen molar-refractivity contribution in [1.29, 1.82) is 0 Å². The van der Waals surface area contributed by atoms with Gasteiger partial charge in [-0.2, -0.15) is 0 Å². The molecule has 0 aromatic heterocycles. The van der Waals surface area contributed by atoms with Crippen molar-refractivity contribution < 1.29 is 13.2 Å². The molecule has 0 bridgehead atoms. The molecule has 0 unspecified atom stereocenters. The van der Waals surface area contributed by atoms with Gasteiger partial charge in [0.25, 0.3) is 0 Å². The number of hydrogen-bond acceptors (Lipinski definition) is 4. The van der Waals surface area contributed by atoms with Gasteiger partial charge in [-0.15, -0.1) is 0 Å². The summed E-state index contributed by atoms with van der Waals surface area (Å²) in [4.78, 5) is 2.75. The number of methoxy groups -OCH3 is 1. The molecule has 0 spiro atoms. The summed E-state index contributed by atoms with van der Waals surface area (Å²) in [6.07, 6.45) is 6.04. The summed E-state index contributed by atoms with van der Waals surface area (Å²) in [6, 6.07) is 7.21. The Hall–Kier alpha value is -1.11. The highest BCUT2D eigenvalue weighted by atomic mass is 32.2. The van der Waals surface area contributed by atoms with Gasteiger partial charge in [0.05, 0.1) is 12.0 Å². The number of likely N-dealkylation sites (tertiary alicyclic amines) is 1. The Labute approximate surface area is 132 Å². The number of rotatable bonds is 5. The minimum Gasteiger partial charge on any atom is -0.497 e. The zero-order chi connectivity index (χ0) is 15.6. The van der Waals surface area contributed by atoms with Crippen LogP contribution in [-0.4, -0.2) is 45.6 Å². The van der Waals surface area contributed by atoms with E-state index in [4.69, 9.17) is 4.74 Å². The molecule has 3 rings (SSSR count). The first-order valence-corrected chi connectivity index (χ1v) is 9.47. The Balaban J connectivity index is 1.61. The zero-order valence-corrected chi connectivity index (χ0v) is 13.8. The average Bonchev–Trinajstić information content (AvgIpc) is 3.18. The molecule has 1 heterocycles. The minimum absolute atomic E-state index is 0.0210. The fourth-order valence-corrected chi connectivity index (χ4v) is 4.79. The molecule has 5 nitrogen and oxygen atoms in total. The van der Waals surface area contributed by atoms with Gasteiger partial charge in [0.2, 0.25) is 10.0 Å². The van der Waals surface area contributed by atoms with E-state index in [1.165, 1.54) is 25.7 Å². The van der Waals surface area contributed by atoms with E-state index in [1.807, 2.05) is 0 Å². The second-order valence-corrected chi connectivity index (χ2v) is 7.93. The number of nitrogens with one attached hydrogen (secondary N) is 1. The third kappa shape index (κ3) is 3.45. The second kappa shape index (κ2) is 6.56. The van der Waals surface area contributed by atoms with Crippen LogP contribution in [0.4, 0.5) is 0 Å². The number of hydrogen-bond donors (Lipinski definition) is 1. The molecular weight excluding hydrogens is 300 g/mol. The quantitative estimate of drug-likeness (QED) is 0.900. The summed E-state index contributed by atoms with van der Waals surface area (Å²) < 4.78 is 32.8. The van der Waals surface area contributed by atoms with Crippen LogP contribution in [0.15, 0.2) is 29.2 Å². The van der Waals surface area contributed by atoms with Gasteiger partial charge in [-0.05, 0) is 43.5 Å². The first-order chi connectivity index (χ1) is 10.6. The van der Waals surface area contributed by atoms with E-state index in [9.17, 15) is 8.42 Å². The highest BCUT2D eigenvalue weighted by Gasteiger charge is 2.32. The summed E-state index contributed by atoms with van der Waals surface area (Å²) in [5.41, 5.74) is 0. The lowest BCUT2D eigenvalue weighted by Gasteiger charge is -2.23. The van der Waals surface area contributed by atoms with Gasteiger partial charge in [0, 0.05) is 25.2 Å². The van der Waals surface area contributed by atoms with Gasteiger partial charge in [-0.25, -0.2) is 13.1 Å². The van der Waals surface area contributed by atoms with E-state index in [1.54, 1.807) is 31.4 Å². The molecule has 1 aliphatic carbocycles. The molecule has 1 saturated carbocycles. The van der Waals surface area contributed by atoms with Crippen molar-refractivity contribution in [3.8, 4) is 5.75 Å². The van der Waals surface area contributed by atoms with E-state index in [2.05, 4.69) is 9.62 Å². The molecule has 1 saturated heterocycles. The van der Waals surface area contributed by atoms with Gasteiger partial charge < -0.3 is 4.74 Å². The van der Waals surface area contributed by atoms with Crippen LogP contribution in [-0.2, 0) is 10.0 Å². The fourth-order valence-electron chi connectivity index (χ4n) is 3.53. The lowest BCUT2D eigenvalue weighted by molar-refractivity contribution is 0.242. The summed E-state index contributed by atoms with van der Waals surface area (Å²) in [5.74, 6) is 0.659. The largest absolute Gasteiger partial charge is 0.497 e. The molecular formula is C16H24N2O3S. The maximum Gasteiger partial charge on any atom is 0.240 e. The van der Waals surface area contributed by atoms with Gasteiger partial charge >= 0.3 is 0 Å². The van der Waals surface area contributed by atoms with Crippen LogP contribution in [0.2, 0.25) is 0 Å². The highest BCUT2D eigenvalue weighted by Crippen LogP contribution is 2.27. The van der Waals surface area contributed by atoms with E-state index in [-0.39, 0.29) is 6.04 Å². The molecule has 1 atom stereocenters. The topological polar surface area (TPSA) is 58.6 Å². The van der Waals surface area contributed by atoms with Gasteiger partial charge in [0.15, 0.2) is 0 Å². The summed E-state index contributed by atoms with van der Waals surface area (Å²) >= 11 is 0. The molecule has 1 N–H and O–H groups in total. The van der Waals surface area contributed by atoms with Gasteiger partial charge in [0.1, 0.15) is 5.75 Å².